The number of benzene rings is 2. The summed E-state index contributed by atoms with van der Waals surface area (Å²) in [5.41, 5.74) is 4.47. The number of aliphatic carboxylic acids is 2. The Labute approximate surface area is 327 Å². The van der Waals surface area contributed by atoms with E-state index in [4.69, 9.17) is 12.2 Å². The van der Waals surface area contributed by atoms with Gasteiger partial charge < -0.3 is 15.1 Å². The number of carbonyl (C=O) groups is 3. The van der Waals surface area contributed by atoms with E-state index in [1.165, 1.54) is 30.9 Å². The Morgan fingerprint density at radius 2 is 1.67 bits per heavy atom. The predicted molar refractivity (Wildman–Crippen MR) is 222 cm³/mol. The van der Waals surface area contributed by atoms with Crippen molar-refractivity contribution in [1.29, 1.82) is 0 Å². The number of carboxylic acids is 2. The highest BCUT2D eigenvalue weighted by molar-refractivity contribution is 8.26. The third kappa shape index (κ3) is 8.36. The van der Waals surface area contributed by atoms with Crippen LogP contribution < -0.4 is 4.90 Å². The first-order chi connectivity index (χ1) is 24.7. The van der Waals surface area contributed by atoms with Crippen LogP contribution in [0.1, 0.15) is 65.0 Å². The molecule has 4 heterocycles. The first-order valence-electron chi connectivity index (χ1n) is 17.3. The van der Waals surface area contributed by atoms with Gasteiger partial charge in [0.05, 0.1) is 15.8 Å². The Morgan fingerprint density at radius 1 is 0.981 bits per heavy atom. The molecule has 0 saturated carbocycles. The molecule has 4 aromatic rings. The third-order valence-corrected chi connectivity index (χ3v) is 15.2. The second kappa shape index (κ2) is 15.9. The Morgan fingerprint density at radius 3 is 2.38 bits per heavy atom. The van der Waals surface area contributed by atoms with Gasteiger partial charge in [0.1, 0.15) is 10.9 Å². The van der Waals surface area contributed by atoms with Gasteiger partial charge in [0.15, 0.2) is 0 Å². The lowest BCUT2D eigenvalue weighted by atomic mass is 9.85. The minimum Gasteiger partial charge on any atom is -0.481 e. The van der Waals surface area contributed by atoms with Crippen LogP contribution in [0.3, 0.4) is 0 Å². The molecule has 0 radical (unpaired) electrons. The van der Waals surface area contributed by atoms with E-state index in [0.29, 0.717) is 10.9 Å². The molecule has 1 fully saturated rings. The van der Waals surface area contributed by atoms with Crippen LogP contribution in [0.25, 0.3) is 26.3 Å². The molecule has 2 N–H and O–H groups in total. The van der Waals surface area contributed by atoms with Crippen molar-refractivity contribution in [1.82, 2.24) is 4.90 Å². The highest BCUT2D eigenvalue weighted by Gasteiger charge is 2.35. The molecule has 12 heteroatoms. The van der Waals surface area contributed by atoms with Crippen molar-refractivity contribution < 1.29 is 24.6 Å². The van der Waals surface area contributed by atoms with Gasteiger partial charge in [0.25, 0.3) is 5.91 Å². The maximum atomic E-state index is 12.9. The summed E-state index contributed by atoms with van der Waals surface area (Å²) >= 11 is 11.7. The van der Waals surface area contributed by atoms with E-state index in [0.717, 1.165) is 58.4 Å². The summed E-state index contributed by atoms with van der Waals surface area (Å²) in [6.45, 7) is 9.89. The minimum atomic E-state index is -1.09. The van der Waals surface area contributed by atoms with Gasteiger partial charge in [-0.25, -0.2) is 0 Å². The van der Waals surface area contributed by atoms with Gasteiger partial charge in [-0.15, -0.1) is 34.4 Å². The number of aryl methyl sites for hydroxylation is 1. The molecule has 6 rings (SSSR count). The van der Waals surface area contributed by atoms with Crippen LogP contribution in [0.2, 0.25) is 0 Å². The summed E-state index contributed by atoms with van der Waals surface area (Å²) in [5, 5.41) is 19.9. The molecular weight excluding hydrogens is 749 g/mol. The molecule has 0 spiro atoms. The minimum absolute atomic E-state index is 0.00292. The quantitative estimate of drug-likeness (QED) is 0.0874. The van der Waals surface area contributed by atoms with E-state index in [1.807, 2.05) is 19.1 Å². The zero-order chi connectivity index (χ0) is 37.3. The number of hydrogen-bond acceptors (Lipinski definition) is 9. The molecule has 3 atom stereocenters. The molecular formula is C40H42N2O5S5. The van der Waals surface area contributed by atoms with Crippen LogP contribution in [-0.4, -0.2) is 54.6 Å². The summed E-state index contributed by atoms with van der Waals surface area (Å²) in [7, 11) is 0. The fourth-order valence-corrected chi connectivity index (χ4v) is 11.4. The van der Waals surface area contributed by atoms with Crippen LogP contribution in [0, 0.1) is 11.8 Å². The maximum Gasteiger partial charge on any atom is 0.323 e. The fourth-order valence-electron chi connectivity index (χ4n) is 6.63. The molecule has 2 aliphatic rings. The number of anilines is 2. The summed E-state index contributed by atoms with van der Waals surface area (Å²) in [4.78, 5) is 44.5. The SMILES string of the molecule is CC(C(=O)O)C(C)C(C)(C)Sc1ccc(-c2ccc(-c3ccc(N4c5ccc(/C=C6\SC(=S)N(CC(=O)O)C6=O)cc5CCCCC4C)s3)s2)cc1. The number of nitrogens with zero attached hydrogens (tertiary/aromatic N) is 2. The normalized spacial score (nSPS) is 18.6. The fraction of sp³-hybridized carbons (Fsp3) is 0.350. The zero-order valence-electron chi connectivity index (χ0n) is 29.8. The van der Waals surface area contributed by atoms with Gasteiger partial charge in [0.2, 0.25) is 0 Å². The number of carboxylic acid groups (broad SMARTS) is 2. The van der Waals surface area contributed by atoms with E-state index in [1.54, 1.807) is 41.4 Å². The summed E-state index contributed by atoms with van der Waals surface area (Å²) in [6.07, 6.45) is 6.05. The van der Waals surface area contributed by atoms with Gasteiger partial charge in [-0.3, -0.25) is 19.3 Å². The van der Waals surface area contributed by atoms with Crippen molar-refractivity contribution in [2.45, 2.75) is 76.0 Å². The number of thiocarbonyl (C=S) groups is 1. The lowest BCUT2D eigenvalue weighted by Crippen LogP contribution is -2.33. The molecule has 272 valence electrons. The van der Waals surface area contributed by atoms with Crippen LogP contribution in [0.5, 0.6) is 0 Å². The molecule has 52 heavy (non-hydrogen) atoms. The van der Waals surface area contributed by atoms with E-state index in [2.05, 4.69) is 86.3 Å². The Hall–Kier alpha value is -3.42. The largest absolute Gasteiger partial charge is 0.481 e. The molecule has 0 aliphatic carbocycles. The molecule has 2 aliphatic heterocycles. The predicted octanol–water partition coefficient (Wildman–Crippen LogP) is 10.9. The summed E-state index contributed by atoms with van der Waals surface area (Å²) in [6, 6.07) is 24.1. The topological polar surface area (TPSA) is 98.2 Å². The van der Waals surface area contributed by atoms with Crippen molar-refractivity contribution in [3.63, 3.8) is 0 Å². The van der Waals surface area contributed by atoms with Crippen molar-refractivity contribution in [3.05, 3.63) is 82.8 Å². The number of thioether (sulfide) groups is 2. The van der Waals surface area contributed by atoms with Crippen LogP contribution >= 0.6 is 58.4 Å². The molecule has 0 bridgehead atoms. The standard InChI is InChI=1S/C40H42N2O5S5/c1-23-8-6-7-9-28-20-26(21-34-37(45)41(22-36(43)44)39(48)51-34)10-15-30(28)42(23)35-19-18-33(50-35)32-17-16-31(49-32)27-11-13-29(14-12-27)52-40(4,5)25(3)24(2)38(46)47/h10-21,23-25H,6-9,22H2,1-5H3,(H,43,44)(H,46,47)/b34-21-. The molecule has 1 saturated heterocycles. The number of amides is 1. The van der Waals surface area contributed by atoms with Crippen LogP contribution in [0.4, 0.5) is 10.7 Å². The Bertz CT molecular complexity index is 2030. The number of thiophene rings is 2. The number of carbonyl (C=O) groups excluding carboxylic acids is 1. The molecule has 2 aromatic carbocycles. The number of hydrogen-bond donors (Lipinski definition) is 2. The highest BCUT2D eigenvalue weighted by Crippen LogP contribution is 2.46. The molecule has 7 nitrogen and oxygen atoms in total. The smallest absolute Gasteiger partial charge is 0.323 e. The van der Waals surface area contributed by atoms with Crippen molar-refractivity contribution in [2.24, 2.45) is 11.8 Å². The van der Waals surface area contributed by atoms with E-state index < -0.39 is 24.4 Å². The van der Waals surface area contributed by atoms with E-state index in [9.17, 15) is 24.6 Å². The third-order valence-electron chi connectivity index (χ3n) is 10.0. The molecule has 2 aromatic heterocycles. The van der Waals surface area contributed by atoms with Crippen molar-refractivity contribution in [2.75, 3.05) is 11.4 Å². The van der Waals surface area contributed by atoms with E-state index in [-0.39, 0.29) is 20.9 Å². The highest BCUT2D eigenvalue weighted by atomic mass is 32.2. The van der Waals surface area contributed by atoms with Crippen LogP contribution in [-0.2, 0) is 20.8 Å². The molecule has 1 amide bonds. The van der Waals surface area contributed by atoms with Gasteiger partial charge in [-0.1, -0.05) is 76.3 Å². The summed E-state index contributed by atoms with van der Waals surface area (Å²) in [5.74, 6) is -2.63. The van der Waals surface area contributed by atoms with Gasteiger partial charge in [-0.2, -0.15) is 0 Å². The Kier molecular flexibility index (Phi) is 11.7. The van der Waals surface area contributed by atoms with Crippen LogP contribution in [0.15, 0.2) is 76.5 Å². The van der Waals surface area contributed by atoms with Gasteiger partial charge >= 0.3 is 11.9 Å². The van der Waals surface area contributed by atoms with Crippen molar-refractivity contribution >= 4 is 97.3 Å². The monoisotopic (exact) mass is 790 g/mol. The second-order valence-corrected chi connectivity index (χ2v) is 19.5. The lowest BCUT2D eigenvalue weighted by Gasteiger charge is -2.34. The zero-order valence-corrected chi connectivity index (χ0v) is 33.8. The lowest BCUT2D eigenvalue weighted by molar-refractivity contribution is -0.143. The van der Waals surface area contributed by atoms with Gasteiger partial charge in [0, 0.05) is 36.0 Å². The second-order valence-electron chi connectivity index (χ2n) is 14.0. The Balaban J connectivity index is 1.20. The maximum absolute atomic E-state index is 12.9. The average molecular weight is 791 g/mol. The first-order valence-corrected chi connectivity index (χ1v) is 21.0. The summed E-state index contributed by atoms with van der Waals surface area (Å²) < 4.78 is 0.0384. The number of rotatable bonds is 11. The average Bonchev–Trinajstić information content (AvgIpc) is 3.83. The van der Waals surface area contributed by atoms with E-state index >= 15 is 0 Å². The molecule has 3 unspecified atom stereocenters. The van der Waals surface area contributed by atoms with Crippen molar-refractivity contribution in [3.8, 4) is 20.2 Å². The number of fused-ring (bicyclic) bond motifs is 1. The van der Waals surface area contributed by atoms with Gasteiger partial charge in [-0.05, 0) is 103 Å². The first kappa shape index (κ1) is 38.3.